The Labute approximate surface area is 93.6 Å². The molecule has 3 aromatic rings. The minimum absolute atomic E-state index is 1.10. The molecule has 16 heavy (non-hydrogen) atoms. The van der Waals surface area contributed by atoms with Crippen molar-refractivity contribution in [3.63, 3.8) is 0 Å². The lowest BCUT2D eigenvalue weighted by Crippen LogP contribution is -1.84. The van der Waals surface area contributed by atoms with Crippen molar-refractivity contribution >= 4 is 10.8 Å². The van der Waals surface area contributed by atoms with Gasteiger partial charge in [0.1, 0.15) is 0 Å². The number of benzene rings is 1. The Morgan fingerprint density at radius 2 is 1.69 bits per heavy atom. The topological polar surface area (TPSA) is 25.8 Å². The number of aromatic nitrogens is 2. The van der Waals surface area contributed by atoms with Gasteiger partial charge < -0.3 is 0 Å². The highest BCUT2D eigenvalue weighted by Crippen LogP contribution is 2.26. The number of nitrogens with zero attached hydrogens (tertiary/aromatic N) is 2. The van der Waals surface area contributed by atoms with Gasteiger partial charge >= 0.3 is 0 Å². The van der Waals surface area contributed by atoms with E-state index in [4.69, 9.17) is 0 Å². The first-order valence-electron chi connectivity index (χ1n) is 5.18. The summed E-state index contributed by atoms with van der Waals surface area (Å²) in [5.74, 6) is 0. The van der Waals surface area contributed by atoms with E-state index in [-0.39, 0.29) is 0 Å². The van der Waals surface area contributed by atoms with Crippen LogP contribution in [0.25, 0.3) is 21.9 Å². The van der Waals surface area contributed by atoms with Gasteiger partial charge in [-0.05, 0) is 11.5 Å². The molecule has 1 aromatic carbocycles. The van der Waals surface area contributed by atoms with Gasteiger partial charge in [0.25, 0.3) is 0 Å². The van der Waals surface area contributed by atoms with E-state index < -0.39 is 0 Å². The summed E-state index contributed by atoms with van der Waals surface area (Å²) in [6.45, 7) is 0. The molecule has 0 radical (unpaired) electrons. The van der Waals surface area contributed by atoms with Crippen LogP contribution in [0.15, 0.2) is 61.2 Å². The zero-order chi connectivity index (χ0) is 10.8. The van der Waals surface area contributed by atoms with Crippen molar-refractivity contribution in [2.24, 2.45) is 0 Å². The molecule has 2 aromatic heterocycles. The second-order valence-corrected chi connectivity index (χ2v) is 3.65. The molecule has 0 aliphatic rings. The van der Waals surface area contributed by atoms with Crippen LogP contribution in [0.4, 0.5) is 0 Å². The van der Waals surface area contributed by atoms with E-state index in [2.05, 4.69) is 28.2 Å². The Hall–Kier alpha value is -2.22. The maximum Gasteiger partial charge on any atom is 0.0353 e. The van der Waals surface area contributed by atoms with E-state index in [1.165, 1.54) is 5.39 Å². The van der Waals surface area contributed by atoms with Crippen molar-refractivity contribution in [1.82, 2.24) is 9.97 Å². The van der Waals surface area contributed by atoms with E-state index in [1.54, 1.807) is 6.20 Å². The number of rotatable bonds is 1. The standard InChI is InChI=1S/C14H10N2/c1-2-6-13-11(4-1)9-16-10-14(13)12-5-3-7-15-8-12/h1-10H. The molecule has 2 heteroatoms. The van der Waals surface area contributed by atoms with E-state index >= 15 is 0 Å². The van der Waals surface area contributed by atoms with Crippen molar-refractivity contribution in [3.05, 3.63) is 61.2 Å². The maximum absolute atomic E-state index is 4.26. The SMILES string of the molecule is c1cncc(-c2cncc3ccccc23)c1. The molecule has 3 rings (SSSR count). The molecule has 0 saturated heterocycles. The Morgan fingerprint density at radius 3 is 2.56 bits per heavy atom. The molecule has 0 saturated carbocycles. The van der Waals surface area contributed by atoms with Crippen LogP contribution in [0.1, 0.15) is 0 Å². The third kappa shape index (κ3) is 1.44. The third-order valence-corrected chi connectivity index (χ3v) is 2.64. The first kappa shape index (κ1) is 9.04. The fraction of sp³-hybridized carbons (Fsp3) is 0. The second-order valence-electron chi connectivity index (χ2n) is 3.65. The Balaban J connectivity index is 2.32. The number of hydrogen-bond acceptors (Lipinski definition) is 2. The van der Waals surface area contributed by atoms with Crippen molar-refractivity contribution < 1.29 is 0 Å². The lowest BCUT2D eigenvalue weighted by Gasteiger charge is -2.04. The number of pyridine rings is 2. The van der Waals surface area contributed by atoms with Gasteiger partial charge in [-0.25, -0.2) is 0 Å². The maximum atomic E-state index is 4.26. The summed E-state index contributed by atoms with van der Waals surface area (Å²) >= 11 is 0. The summed E-state index contributed by atoms with van der Waals surface area (Å²) in [4.78, 5) is 8.40. The molecule has 0 fully saturated rings. The molecule has 0 aliphatic carbocycles. The van der Waals surface area contributed by atoms with E-state index in [1.807, 2.05) is 36.8 Å². The van der Waals surface area contributed by atoms with Crippen molar-refractivity contribution in [3.8, 4) is 11.1 Å². The van der Waals surface area contributed by atoms with Crippen molar-refractivity contribution in [1.29, 1.82) is 0 Å². The minimum Gasteiger partial charge on any atom is -0.264 e. The van der Waals surface area contributed by atoms with Crippen LogP contribution < -0.4 is 0 Å². The Bertz CT molecular complexity index is 612. The Kier molecular flexibility index (Phi) is 2.11. The van der Waals surface area contributed by atoms with Gasteiger partial charge in [-0.3, -0.25) is 9.97 Å². The van der Waals surface area contributed by atoms with E-state index in [0.717, 1.165) is 16.5 Å². The predicted molar refractivity (Wildman–Crippen MR) is 65.0 cm³/mol. The molecule has 0 bridgehead atoms. The smallest absolute Gasteiger partial charge is 0.0353 e. The van der Waals surface area contributed by atoms with Crippen LogP contribution in [-0.2, 0) is 0 Å². The fourth-order valence-corrected chi connectivity index (χ4v) is 1.87. The molecular weight excluding hydrogens is 196 g/mol. The van der Waals surface area contributed by atoms with Crippen LogP contribution in [0, 0.1) is 0 Å². The lowest BCUT2D eigenvalue weighted by molar-refractivity contribution is 1.31. The summed E-state index contributed by atoms with van der Waals surface area (Å²) in [5.41, 5.74) is 2.23. The molecule has 2 nitrogen and oxygen atoms in total. The minimum atomic E-state index is 1.10. The zero-order valence-electron chi connectivity index (χ0n) is 8.67. The molecule has 0 N–H and O–H groups in total. The summed E-state index contributed by atoms with van der Waals surface area (Å²) in [7, 11) is 0. The summed E-state index contributed by atoms with van der Waals surface area (Å²) in [6.07, 6.45) is 7.42. The van der Waals surface area contributed by atoms with Gasteiger partial charge in [0.2, 0.25) is 0 Å². The lowest BCUT2D eigenvalue weighted by atomic mass is 10.0. The fourth-order valence-electron chi connectivity index (χ4n) is 1.87. The molecule has 76 valence electrons. The molecule has 0 aliphatic heterocycles. The highest BCUT2D eigenvalue weighted by molar-refractivity contribution is 5.95. The van der Waals surface area contributed by atoms with Crippen LogP contribution >= 0.6 is 0 Å². The summed E-state index contributed by atoms with van der Waals surface area (Å²) < 4.78 is 0. The molecule has 0 unspecified atom stereocenters. The average molecular weight is 206 g/mol. The first-order valence-corrected chi connectivity index (χ1v) is 5.18. The van der Waals surface area contributed by atoms with Crippen LogP contribution in [0.2, 0.25) is 0 Å². The van der Waals surface area contributed by atoms with Gasteiger partial charge in [0.05, 0.1) is 0 Å². The summed E-state index contributed by atoms with van der Waals surface area (Å²) in [5, 5.41) is 2.37. The molecule has 0 atom stereocenters. The van der Waals surface area contributed by atoms with Crippen LogP contribution in [-0.4, -0.2) is 9.97 Å². The van der Waals surface area contributed by atoms with E-state index in [0.29, 0.717) is 0 Å². The van der Waals surface area contributed by atoms with Gasteiger partial charge in [-0.15, -0.1) is 0 Å². The highest BCUT2D eigenvalue weighted by Gasteiger charge is 2.02. The molecular formula is C14H10N2. The van der Waals surface area contributed by atoms with Gasteiger partial charge in [-0.2, -0.15) is 0 Å². The van der Waals surface area contributed by atoms with Crippen molar-refractivity contribution in [2.45, 2.75) is 0 Å². The Morgan fingerprint density at radius 1 is 0.750 bits per heavy atom. The average Bonchev–Trinajstić information content (AvgIpc) is 2.39. The molecule has 0 amide bonds. The van der Waals surface area contributed by atoms with Gasteiger partial charge in [-0.1, -0.05) is 30.3 Å². The monoisotopic (exact) mass is 206 g/mol. The highest BCUT2D eigenvalue weighted by atomic mass is 14.6. The normalized spacial score (nSPS) is 10.5. The number of fused-ring (bicyclic) bond motifs is 1. The third-order valence-electron chi connectivity index (χ3n) is 2.64. The molecule has 0 spiro atoms. The van der Waals surface area contributed by atoms with Crippen LogP contribution in [0.3, 0.4) is 0 Å². The molecule has 2 heterocycles. The largest absolute Gasteiger partial charge is 0.264 e. The van der Waals surface area contributed by atoms with E-state index in [9.17, 15) is 0 Å². The predicted octanol–water partition coefficient (Wildman–Crippen LogP) is 3.30. The zero-order valence-corrected chi connectivity index (χ0v) is 8.67. The first-order chi connectivity index (χ1) is 7.95. The van der Waals surface area contributed by atoms with Crippen molar-refractivity contribution in [2.75, 3.05) is 0 Å². The summed E-state index contributed by atoms with van der Waals surface area (Å²) in [6, 6.07) is 12.2. The quantitative estimate of drug-likeness (QED) is 0.610. The van der Waals surface area contributed by atoms with Crippen LogP contribution in [0.5, 0.6) is 0 Å². The van der Waals surface area contributed by atoms with Gasteiger partial charge in [0, 0.05) is 41.3 Å². The second kappa shape index (κ2) is 3.74. The number of hydrogen-bond donors (Lipinski definition) is 0. The van der Waals surface area contributed by atoms with Gasteiger partial charge in [0.15, 0.2) is 0 Å².